The first kappa shape index (κ1) is 9.52. The average Bonchev–Trinajstić information content (AvgIpc) is 2.86. The summed E-state index contributed by atoms with van der Waals surface area (Å²) in [5, 5.41) is 0. The molecule has 1 heterocycles. The molecule has 2 N–H and O–H groups in total. The van der Waals surface area contributed by atoms with Crippen molar-refractivity contribution >= 4 is 0 Å². The van der Waals surface area contributed by atoms with Gasteiger partial charge in [-0.1, -0.05) is 12.8 Å². The van der Waals surface area contributed by atoms with E-state index >= 15 is 0 Å². The molecule has 14 heavy (non-hydrogen) atoms. The zero-order valence-corrected chi connectivity index (χ0v) is 7.71. The lowest BCUT2D eigenvalue weighted by Crippen LogP contribution is -2.12. The van der Waals surface area contributed by atoms with Crippen molar-refractivity contribution in [3.05, 3.63) is 29.6 Å². The largest absolute Gasteiger partial charge is 0.324 e. The summed E-state index contributed by atoms with van der Waals surface area (Å²) < 4.78 is 25.5. The number of halogens is 2. The first-order valence-electron chi connectivity index (χ1n) is 4.73. The van der Waals surface area contributed by atoms with Gasteiger partial charge in [-0.3, -0.25) is 0 Å². The summed E-state index contributed by atoms with van der Waals surface area (Å²) in [6.07, 6.45) is 3.18. The Balaban J connectivity index is 2.12. The fraction of sp³-hybridized carbons (Fsp3) is 0.500. The van der Waals surface area contributed by atoms with E-state index in [-0.39, 0.29) is 6.04 Å². The Hall–Kier alpha value is -1.03. The van der Waals surface area contributed by atoms with Gasteiger partial charge in [0.05, 0.1) is 0 Å². The van der Waals surface area contributed by atoms with Crippen molar-refractivity contribution in [3.8, 4) is 0 Å². The van der Waals surface area contributed by atoms with E-state index in [1.54, 1.807) is 0 Å². The lowest BCUT2D eigenvalue weighted by molar-refractivity contribution is 0.500. The molecule has 0 bridgehead atoms. The molecule has 2 nitrogen and oxygen atoms in total. The number of hydrogen-bond donors (Lipinski definition) is 1. The normalized spacial score (nSPS) is 18.2. The van der Waals surface area contributed by atoms with Crippen LogP contribution in [-0.2, 0) is 0 Å². The Labute approximate surface area is 81.1 Å². The molecule has 0 aliphatic heterocycles. The molecule has 0 aromatic carbocycles. The third-order valence-corrected chi connectivity index (χ3v) is 2.50. The molecular weight excluding hydrogens is 186 g/mol. The molecule has 4 heteroatoms. The third-order valence-electron chi connectivity index (χ3n) is 2.50. The van der Waals surface area contributed by atoms with Crippen LogP contribution in [0.15, 0.2) is 12.1 Å². The zero-order valence-electron chi connectivity index (χ0n) is 7.71. The molecule has 1 fully saturated rings. The maximum Gasteiger partial charge on any atom is 0.215 e. The van der Waals surface area contributed by atoms with Gasteiger partial charge in [0.1, 0.15) is 0 Å². The molecule has 0 saturated heterocycles. The van der Waals surface area contributed by atoms with Gasteiger partial charge in [-0.05, 0) is 30.0 Å². The van der Waals surface area contributed by atoms with Gasteiger partial charge in [0.2, 0.25) is 11.9 Å². The second kappa shape index (κ2) is 3.61. The highest BCUT2D eigenvalue weighted by molar-refractivity contribution is 5.16. The molecule has 1 aliphatic carbocycles. The number of hydrogen-bond acceptors (Lipinski definition) is 2. The predicted octanol–water partition coefficient (Wildman–Crippen LogP) is 2.16. The van der Waals surface area contributed by atoms with Gasteiger partial charge in [0.25, 0.3) is 0 Å². The first-order chi connectivity index (χ1) is 6.65. The average molecular weight is 198 g/mol. The minimum absolute atomic E-state index is 0.269. The van der Waals surface area contributed by atoms with Crippen molar-refractivity contribution in [3.63, 3.8) is 0 Å². The van der Waals surface area contributed by atoms with E-state index in [0.717, 1.165) is 6.42 Å². The highest BCUT2D eigenvalue weighted by Crippen LogP contribution is 2.36. The quantitative estimate of drug-likeness (QED) is 0.756. The van der Waals surface area contributed by atoms with Crippen LogP contribution in [0.5, 0.6) is 0 Å². The summed E-state index contributed by atoms with van der Waals surface area (Å²) in [7, 11) is 0. The zero-order chi connectivity index (χ0) is 10.1. The van der Waals surface area contributed by atoms with E-state index in [4.69, 9.17) is 5.73 Å². The third kappa shape index (κ3) is 2.26. The van der Waals surface area contributed by atoms with Crippen LogP contribution in [0.1, 0.15) is 30.9 Å². The Morgan fingerprint density at radius 2 is 1.93 bits per heavy atom. The standard InChI is InChI=1S/C10H12F2N2/c11-9-4-7(5-10(12)14-9)8(13)3-6-1-2-6/h4-6,8H,1-3,13H2/t8-/m0/s1. The molecule has 1 aromatic heterocycles. The van der Waals surface area contributed by atoms with Gasteiger partial charge in [0.15, 0.2) is 0 Å². The highest BCUT2D eigenvalue weighted by atomic mass is 19.1. The predicted molar refractivity (Wildman–Crippen MR) is 48.4 cm³/mol. The fourth-order valence-corrected chi connectivity index (χ4v) is 1.55. The maximum absolute atomic E-state index is 12.7. The van der Waals surface area contributed by atoms with Crippen molar-refractivity contribution in [2.45, 2.75) is 25.3 Å². The summed E-state index contributed by atoms with van der Waals surface area (Å²) >= 11 is 0. The summed E-state index contributed by atoms with van der Waals surface area (Å²) in [5.74, 6) is -0.957. The Kier molecular flexibility index (Phi) is 2.46. The van der Waals surface area contributed by atoms with Gasteiger partial charge in [-0.15, -0.1) is 0 Å². The molecule has 1 aromatic rings. The van der Waals surface area contributed by atoms with Crippen LogP contribution in [0.3, 0.4) is 0 Å². The minimum Gasteiger partial charge on any atom is -0.324 e. The number of nitrogens with two attached hydrogens (primary N) is 1. The van der Waals surface area contributed by atoms with E-state index in [0.29, 0.717) is 11.5 Å². The number of pyridine rings is 1. The van der Waals surface area contributed by atoms with Crippen molar-refractivity contribution in [1.82, 2.24) is 4.98 Å². The minimum atomic E-state index is -0.800. The Morgan fingerprint density at radius 1 is 1.36 bits per heavy atom. The van der Waals surface area contributed by atoms with Gasteiger partial charge in [-0.25, -0.2) is 0 Å². The van der Waals surface area contributed by atoms with Crippen LogP contribution in [-0.4, -0.2) is 4.98 Å². The molecule has 1 atom stereocenters. The van der Waals surface area contributed by atoms with E-state index in [1.807, 2.05) is 0 Å². The second-order valence-electron chi connectivity index (χ2n) is 3.83. The summed E-state index contributed by atoms with van der Waals surface area (Å²) in [6.45, 7) is 0. The molecule has 0 amide bonds. The first-order valence-corrected chi connectivity index (χ1v) is 4.73. The van der Waals surface area contributed by atoms with Crippen molar-refractivity contribution < 1.29 is 8.78 Å². The maximum atomic E-state index is 12.7. The van der Waals surface area contributed by atoms with E-state index in [1.165, 1.54) is 25.0 Å². The number of rotatable bonds is 3. The smallest absolute Gasteiger partial charge is 0.215 e. The lowest BCUT2D eigenvalue weighted by Gasteiger charge is -2.10. The van der Waals surface area contributed by atoms with E-state index < -0.39 is 11.9 Å². The summed E-state index contributed by atoms with van der Waals surface area (Å²) in [6, 6.07) is 2.14. The molecule has 0 spiro atoms. The molecular formula is C10H12F2N2. The van der Waals surface area contributed by atoms with Gasteiger partial charge >= 0.3 is 0 Å². The second-order valence-corrected chi connectivity index (χ2v) is 3.83. The summed E-state index contributed by atoms with van der Waals surface area (Å²) in [4.78, 5) is 3.02. The van der Waals surface area contributed by atoms with Crippen LogP contribution >= 0.6 is 0 Å². The SMILES string of the molecule is N[C@@H](CC1CC1)c1cc(F)nc(F)c1. The topological polar surface area (TPSA) is 38.9 Å². The van der Waals surface area contributed by atoms with Crippen LogP contribution < -0.4 is 5.73 Å². The van der Waals surface area contributed by atoms with Crippen LogP contribution in [0.2, 0.25) is 0 Å². The van der Waals surface area contributed by atoms with E-state index in [2.05, 4.69) is 4.98 Å². The van der Waals surface area contributed by atoms with Crippen LogP contribution in [0, 0.1) is 17.8 Å². The molecule has 2 rings (SSSR count). The molecule has 76 valence electrons. The van der Waals surface area contributed by atoms with Gasteiger partial charge in [-0.2, -0.15) is 13.8 Å². The lowest BCUT2D eigenvalue weighted by atomic mass is 10.0. The Bertz CT molecular complexity index is 317. The molecule has 1 aliphatic rings. The van der Waals surface area contributed by atoms with Crippen molar-refractivity contribution in [2.24, 2.45) is 11.7 Å². The monoisotopic (exact) mass is 198 g/mol. The van der Waals surface area contributed by atoms with Crippen LogP contribution in [0.4, 0.5) is 8.78 Å². The van der Waals surface area contributed by atoms with Crippen molar-refractivity contribution in [1.29, 1.82) is 0 Å². The number of aromatic nitrogens is 1. The highest BCUT2D eigenvalue weighted by Gasteiger charge is 2.24. The van der Waals surface area contributed by atoms with Crippen molar-refractivity contribution in [2.75, 3.05) is 0 Å². The molecule has 0 radical (unpaired) electrons. The van der Waals surface area contributed by atoms with Gasteiger partial charge < -0.3 is 5.73 Å². The van der Waals surface area contributed by atoms with Crippen LogP contribution in [0.25, 0.3) is 0 Å². The van der Waals surface area contributed by atoms with Gasteiger partial charge in [0, 0.05) is 6.04 Å². The molecule has 0 unspecified atom stereocenters. The summed E-state index contributed by atoms with van der Waals surface area (Å²) in [5.41, 5.74) is 6.31. The Morgan fingerprint density at radius 3 is 2.43 bits per heavy atom. The van der Waals surface area contributed by atoms with E-state index in [9.17, 15) is 8.78 Å². The number of nitrogens with zero attached hydrogens (tertiary/aromatic N) is 1. The fourth-order valence-electron chi connectivity index (χ4n) is 1.55. The molecule has 1 saturated carbocycles.